The normalized spacial score (nSPS) is 10.5. The molecule has 0 fully saturated rings. The molecule has 2 amide bonds. The molecule has 0 aliphatic heterocycles. The van der Waals surface area contributed by atoms with E-state index in [4.69, 9.17) is 4.74 Å². The van der Waals surface area contributed by atoms with E-state index in [1.807, 2.05) is 24.3 Å². The van der Waals surface area contributed by atoms with E-state index in [1.165, 1.54) is 11.3 Å². The molecule has 2 aromatic carbocycles. The van der Waals surface area contributed by atoms with Gasteiger partial charge in [0.1, 0.15) is 11.4 Å². The van der Waals surface area contributed by atoms with Crippen molar-refractivity contribution in [3.8, 4) is 5.75 Å². The van der Waals surface area contributed by atoms with E-state index in [0.29, 0.717) is 27.6 Å². The van der Waals surface area contributed by atoms with Crippen LogP contribution in [0.2, 0.25) is 0 Å². The van der Waals surface area contributed by atoms with Crippen LogP contribution in [-0.2, 0) is 0 Å². The number of benzene rings is 2. The Kier molecular flexibility index (Phi) is 5.17. The Labute approximate surface area is 170 Å². The molecule has 2 heterocycles. The number of carbonyl (C=O) groups excluding carboxylic acids is 2. The summed E-state index contributed by atoms with van der Waals surface area (Å²) in [6.07, 6.45) is 1.67. The first-order valence-corrected chi connectivity index (χ1v) is 9.58. The van der Waals surface area contributed by atoms with Gasteiger partial charge < -0.3 is 10.1 Å². The number of anilines is 2. The highest BCUT2D eigenvalue weighted by molar-refractivity contribution is 7.14. The zero-order valence-electron chi connectivity index (χ0n) is 15.4. The Morgan fingerprint density at radius 2 is 1.76 bits per heavy atom. The molecule has 0 aliphatic rings. The van der Waals surface area contributed by atoms with Crippen molar-refractivity contribution in [3.63, 3.8) is 0 Å². The summed E-state index contributed by atoms with van der Waals surface area (Å²) >= 11 is 1.18. The number of nitrogens with zero attached hydrogens (tertiary/aromatic N) is 2. The van der Waals surface area contributed by atoms with Crippen LogP contribution < -0.4 is 15.4 Å². The van der Waals surface area contributed by atoms with E-state index in [1.54, 1.807) is 49.0 Å². The summed E-state index contributed by atoms with van der Waals surface area (Å²) in [6, 6.07) is 16.0. The van der Waals surface area contributed by atoms with E-state index in [0.717, 1.165) is 5.39 Å². The Bertz CT molecular complexity index is 1180. The number of carbonyl (C=O) groups is 2. The standard InChI is InChI=1S/C21H16N4O3S/c1-28-15-9-7-14(8-10-15)19(26)25-21-24-17(12-29-21)20(27)23-16-6-2-4-13-5-3-11-22-18(13)16/h2-12H,1H3,(H,23,27)(H,24,25,26). The first-order valence-electron chi connectivity index (χ1n) is 8.70. The van der Waals surface area contributed by atoms with Crippen molar-refractivity contribution in [2.75, 3.05) is 17.7 Å². The lowest BCUT2D eigenvalue weighted by Crippen LogP contribution is -2.14. The molecule has 0 aliphatic carbocycles. The molecule has 29 heavy (non-hydrogen) atoms. The zero-order valence-corrected chi connectivity index (χ0v) is 16.2. The Morgan fingerprint density at radius 3 is 2.55 bits per heavy atom. The predicted molar refractivity (Wildman–Crippen MR) is 113 cm³/mol. The zero-order chi connectivity index (χ0) is 20.2. The number of thiazole rings is 1. The topological polar surface area (TPSA) is 93.2 Å². The van der Waals surface area contributed by atoms with Crippen molar-refractivity contribution in [2.24, 2.45) is 0 Å². The van der Waals surface area contributed by atoms with E-state index >= 15 is 0 Å². The average molecular weight is 404 g/mol. The van der Waals surface area contributed by atoms with Crippen LogP contribution in [0.3, 0.4) is 0 Å². The van der Waals surface area contributed by atoms with Gasteiger partial charge in [0, 0.05) is 22.5 Å². The number of hydrogen-bond donors (Lipinski definition) is 2. The van der Waals surface area contributed by atoms with Gasteiger partial charge in [0.2, 0.25) is 0 Å². The molecule has 0 atom stereocenters. The number of rotatable bonds is 5. The fourth-order valence-corrected chi connectivity index (χ4v) is 3.42. The number of methoxy groups -OCH3 is 1. The summed E-state index contributed by atoms with van der Waals surface area (Å²) in [5.41, 5.74) is 1.98. The van der Waals surface area contributed by atoms with E-state index in [2.05, 4.69) is 20.6 Å². The van der Waals surface area contributed by atoms with Gasteiger partial charge in [-0.05, 0) is 36.4 Å². The maximum absolute atomic E-state index is 12.6. The summed E-state index contributed by atoms with van der Waals surface area (Å²) in [6.45, 7) is 0. The van der Waals surface area contributed by atoms with Crippen LogP contribution in [0.25, 0.3) is 10.9 Å². The van der Waals surface area contributed by atoms with Gasteiger partial charge in [0.25, 0.3) is 11.8 Å². The molecule has 2 aromatic heterocycles. The number of nitrogens with one attached hydrogen (secondary N) is 2. The van der Waals surface area contributed by atoms with Crippen molar-refractivity contribution >= 4 is 44.9 Å². The molecule has 0 unspecified atom stereocenters. The minimum absolute atomic E-state index is 0.216. The highest BCUT2D eigenvalue weighted by atomic mass is 32.1. The maximum atomic E-state index is 12.6. The van der Waals surface area contributed by atoms with Gasteiger partial charge in [-0.15, -0.1) is 11.3 Å². The first kappa shape index (κ1) is 18.6. The van der Waals surface area contributed by atoms with Crippen molar-refractivity contribution in [3.05, 3.63) is 77.4 Å². The number of aromatic nitrogens is 2. The summed E-state index contributed by atoms with van der Waals surface area (Å²) < 4.78 is 5.08. The minimum atomic E-state index is -0.371. The number of pyridine rings is 1. The molecule has 2 N–H and O–H groups in total. The van der Waals surface area contributed by atoms with Crippen molar-refractivity contribution in [1.82, 2.24) is 9.97 Å². The lowest BCUT2D eigenvalue weighted by Gasteiger charge is -2.06. The first-order chi connectivity index (χ1) is 14.1. The summed E-state index contributed by atoms with van der Waals surface area (Å²) in [7, 11) is 1.56. The molecule has 4 aromatic rings. The van der Waals surface area contributed by atoms with Gasteiger partial charge in [-0.25, -0.2) is 4.98 Å². The van der Waals surface area contributed by atoms with Gasteiger partial charge in [-0.3, -0.25) is 19.9 Å². The highest BCUT2D eigenvalue weighted by Gasteiger charge is 2.15. The molecule has 8 heteroatoms. The fourth-order valence-electron chi connectivity index (χ4n) is 2.74. The maximum Gasteiger partial charge on any atom is 0.275 e. The third kappa shape index (κ3) is 4.07. The average Bonchev–Trinajstić information content (AvgIpc) is 3.22. The lowest BCUT2D eigenvalue weighted by molar-refractivity contribution is 0.101. The van der Waals surface area contributed by atoms with Gasteiger partial charge in [-0.2, -0.15) is 0 Å². The Morgan fingerprint density at radius 1 is 0.966 bits per heavy atom. The molecule has 0 bridgehead atoms. The molecule has 4 rings (SSSR count). The Hall–Kier alpha value is -3.78. The minimum Gasteiger partial charge on any atom is -0.497 e. The largest absolute Gasteiger partial charge is 0.497 e. The van der Waals surface area contributed by atoms with E-state index in [-0.39, 0.29) is 17.5 Å². The molecule has 0 radical (unpaired) electrons. The molecular weight excluding hydrogens is 388 g/mol. The van der Waals surface area contributed by atoms with Crippen molar-refractivity contribution in [1.29, 1.82) is 0 Å². The van der Waals surface area contributed by atoms with Crippen molar-refractivity contribution < 1.29 is 14.3 Å². The van der Waals surface area contributed by atoms with E-state index < -0.39 is 0 Å². The predicted octanol–water partition coefficient (Wildman–Crippen LogP) is 4.20. The van der Waals surface area contributed by atoms with E-state index in [9.17, 15) is 9.59 Å². The van der Waals surface area contributed by atoms with Crippen molar-refractivity contribution in [2.45, 2.75) is 0 Å². The van der Waals surface area contributed by atoms with Crippen LogP contribution in [0.5, 0.6) is 5.75 Å². The quantitative estimate of drug-likeness (QED) is 0.520. The van der Waals surface area contributed by atoms with Crippen LogP contribution in [0.15, 0.2) is 66.2 Å². The molecule has 0 spiro atoms. The molecular formula is C21H16N4O3S. The van der Waals surface area contributed by atoms with Crippen LogP contribution in [0, 0.1) is 0 Å². The number of ether oxygens (including phenoxy) is 1. The summed E-state index contributed by atoms with van der Waals surface area (Å²) in [4.78, 5) is 33.4. The molecule has 0 saturated carbocycles. The third-order valence-corrected chi connectivity index (χ3v) is 4.95. The van der Waals surface area contributed by atoms with Gasteiger partial charge in [0.15, 0.2) is 5.13 Å². The highest BCUT2D eigenvalue weighted by Crippen LogP contribution is 2.23. The lowest BCUT2D eigenvalue weighted by atomic mass is 10.2. The second-order valence-corrected chi connectivity index (χ2v) is 6.91. The molecule has 144 valence electrons. The van der Waals surface area contributed by atoms with Crippen LogP contribution in [-0.4, -0.2) is 28.9 Å². The van der Waals surface area contributed by atoms with Gasteiger partial charge in [-0.1, -0.05) is 18.2 Å². The number of amides is 2. The molecule has 0 saturated heterocycles. The van der Waals surface area contributed by atoms with Gasteiger partial charge >= 0.3 is 0 Å². The number of para-hydroxylation sites is 1. The second-order valence-electron chi connectivity index (χ2n) is 6.06. The molecule has 7 nitrogen and oxygen atoms in total. The SMILES string of the molecule is COc1ccc(C(=O)Nc2nc(C(=O)Nc3cccc4cccnc34)cs2)cc1. The number of fused-ring (bicyclic) bond motifs is 1. The van der Waals surface area contributed by atoms with Crippen LogP contribution in [0.1, 0.15) is 20.8 Å². The number of hydrogen-bond acceptors (Lipinski definition) is 6. The van der Waals surface area contributed by atoms with Crippen LogP contribution >= 0.6 is 11.3 Å². The third-order valence-electron chi connectivity index (χ3n) is 4.19. The fraction of sp³-hybridized carbons (Fsp3) is 0.0476. The van der Waals surface area contributed by atoms with Gasteiger partial charge in [0.05, 0.1) is 18.3 Å². The second kappa shape index (κ2) is 8.07. The Balaban J connectivity index is 1.46. The monoisotopic (exact) mass is 404 g/mol. The smallest absolute Gasteiger partial charge is 0.275 e. The van der Waals surface area contributed by atoms with Crippen LogP contribution in [0.4, 0.5) is 10.8 Å². The summed E-state index contributed by atoms with van der Waals surface area (Å²) in [5.74, 6) is -0.0192. The summed E-state index contributed by atoms with van der Waals surface area (Å²) in [5, 5.41) is 8.39.